The second kappa shape index (κ2) is 11.3. The molecule has 5 heterocycles. The van der Waals surface area contributed by atoms with E-state index in [-0.39, 0.29) is 17.1 Å². The summed E-state index contributed by atoms with van der Waals surface area (Å²) in [6.07, 6.45) is 0. The molecule has 0 amide bonds. The van der Waals surface area contributed by atoms with Crippen LogP contribution in [-0.4, -0.2) is 9.97 Å². The number of aromatic nitrogens is 4. The molecule has 49 heavy (non-hydrogen) atoms. The fourth-order valence-electron chi connectivity index (χ4n) is 6.95. The summed E-state index contributed by atoms with van der Waals surface area (Å²) in [6.45, 7) is 2.07. The Hall–Kier alpha value is -5.94. The first-order valence-corrected chi connectivity index (χ1v) is 16.0. The van der Waals surface area contributed by atoms with Crippen LogP contribution in [-0.2, 0) is 17.1 Å². The van der Waals surface area contributed by atoms with Crippen LogP contribution < -0.4 is 14.7 Å². The van der Waals surface area contributed by atoms with E-state index in [0.29, 0.717) is 0 Å². The molecule has 5 nitrogen and oxygen atoms in total. The maximum atomic E-state index is 6.32. The fourth-order valence-corrected chi connectivity index (χ4v) is 6.95. The van der Waals surface area contributed by atoms with Gasteiger partial charge in [0.2, 0.25) is 0 Å². The van der Waals surface area contributed by atoms with Gasteiger partial charge in [0.05, 0.1) is 22.8 Å². The van der Waals surface area contributed by atoms with Crippen molar-refractivity contribution in [2.75, 3.05) is 0 Å². The predicted octanol–water partition coefficient (Wildman–Crippen LogP) is 10.6. The molecule has 5 aromatic carbocycles. The van der Waals surface area contributed by atoms with E-state index in [9.17, 15) is 0 Å². The second-order valence-corrected chi connectivity index (χ2v) is 12.4. The molecule has 2 aliphatic rings. The molecule has 1 radical (unpaired) electrons. The number of aryl methyl sites for hydroxylation is 1. The smallest absolute Gasteiger partial charge is 0.657 e. The molecule has 8 aromatic rings. The monoisotopic (exact) mass is 677 g/mol. The van der Waals surface area contributed by atoms with Gasteiger partial charge in [0, 0.05) is 22.3 Å². The number of rotatable bonds is 2. The van der Waals surface area contributed by atoms with Crippen molar-refractivity contribution in [3.05, 3.63) is 145 Å². The molecule has 0 unspecified atom stereocenters. The first-order valence-electron chi connectivity index (χ1n) is 16.0. The third-order valence-electron chi connectivity index (χ3n) is 9.29. The second-order valence-electron chi connectivity index (χ2n) is 12.4. The summed E-state index contributed by atoms with van der Waals surface area (Å²) in [4.78, 5) is 20.8. The summed E-state index contributed by atoms with van der Waals surface area (Å²) in [6, 6.07) is 47.8. The Morgan fingerprint density at radius 3 is 1.27 bits per heavy atom. The van der Waals surface area contributed by atoms with Crippen LogP contribution in [0.4, 0.5) is 0 Å². The van der Waals surface area contributed by atoms with E-state index in [1.165, 1.54) is 5.56 Å². The standard InChI is InChI=1S/C43H26N4O.Cu/c1-25-14-16-26(17-15-25)48-27-18-19-34-35(20-27)43-24-41-33-13-7-6-12-32(33)39(46-41)22-37-29-9-3-2-8-28(29)36(44-37)21-38-30-10-4-5-11-31(30)40(45-38)23-42(34)47-43;/h2-24H,1H3;/q-2;+2. The van der Waals surface area contributed by atoms with Gasteiger partial charge >= 0.3 is 17.1 Å². The van der Waals surface area contributed by atoms with Gasteiger partial charge < -0.3 is 14.7 Å². The SMILES string of the molecule is Cc1ccc(Oc2ccc3c4cc5nc(cc6[n-]c(cc7nc(cc([n-]4)c3c2)-c2ccccc2-7)c2ccccc62)-c2ccccc2-5)cc1.[Cu+2]. The van der Waals surface area contributed by atoms with Crippen molar-refractivity contribution in [3.8, 4) is 56.5 Å². The van der Waals surface area contributed by atoms with Crippen LogP contribution >= 0.6 is 0 Å². The van der Waals surface area contributed by atoms with Crippen molar-refractivity contribution in [2.45, 2.75) is 6.92 Å². The van der Waals surface area contributed by atoms with Crippen molar-refractivity contribution in [1.29, 1.82) is 0 Å². The molecular formula is C43H26CuN4O. The summed E-state index contributed by atoms with van der Waals surface area (Å²) < 4.78 is 6.32. The number of fused-ring (bicyclic) bond motifs is 20. The summed E-state index contributed by atoms with van der Waals surface area (Å²) in [7, 11) is 0. The van der Waals surface area contributed by atoms with E-state index in [1.54, 1.807) is 0 Å². The Kier molecular flexibility index (Phi) is 6.76. The number of ether oxygens (including phenoxy) is 1. The Labute approximate surface area is 292 Å². The molecule has 0 saturated heterocycles. The van der Waals surface area contributed by atoms with Crippen molar-refractivity contribution in [3.63, 3.8) is 0 Å². The summed E-state index contributed by atoms with van der Waals surface area (Å²) >= 11 is 0. The summed E-state index contributed by atoms with van der Waals surface area (Å²) in [5.41, 5.74) is 12.4. The third-order valence-corrected chi connectivity index (χ3v) is 9.29. The van der Waals surface area contributed by atoms with Gasteiger partial charge in [-0.05, 0) is 77.0 Å². The first kappa shape index (κ1) is 29.2. The fraction of sp³-hybridized carbons (Fsp3) is 0.0233. The van der Waals surface area contributed by atoms with Crippen LogP contribution in [0.5, 0.6) is 11.5 Å². The van der Waals surface area contributed by atoms with Gasteiger partial charge in [0.25, 0.3) is 0 Å². The average molecular weight is 678 g/mol. The Balaban J connectivity index is 0.00000325. The molecule has 0 aliphatic carbocycles. The van der Waals surface area contributed by atoms with E-state index >= 15 is 0 Å². The van der Waals surface area contributed by atoms with Gasteiger partial charge in [0.1, 0.15) is 11.5 Å². The maximum absolute atomic E-state index is 6.32. The maximum Gasteiger partial charge on any atom is 2.00 e. The molecule has 0 spiro atoms. The number of hydrogen-bond acceptors (Lipinski definition) is 3. The average Bonchev–Trinajstić information content (AvgIpc) is 3.85. The Morgan fingerprint density at radius 2 is 0.796 bits per heavy atom. The molecule has 10 rings (SSSR count). The number of nitrogens with zero attached hydrogens (tertiary/aromatic N) is 4. The van der Waals surface area contributed by atoms with E-state index in [1.807, 2.05) is 18.2 Å². The Bertz CT molecular complexity index is 2770. The minimum absolute atomic E-state index is 0. The molecule has 235 valence electrons. The zero-order valence-electron chi connectivity index (χ0n) is 26.3. The quantitative estimate of drug-likeness (QED) is 0.170. The molecule has 0 fully saturated rings. The van der Waals surface area contributed by atoms with Gasteiger partial charge in [-0.15, -0.1) is 22.1 Å². The number of hydrogen-bond donors (Lipinski definition) is 0. The van der Waals surface area contributed by atoms with Crippen molar-refractivity contribution >= 4 is 43.6 Å². The van der Waals surface area contributed by atoms with Crippen LogP contribution in [0.2, 0.25) is 0 Å². The van der Waals surface area contributed by atoms with Crippen LogP contribution in [0.1, 0.15) is 5.56 Å². The van der Waals surface area contributed by atoms with Gasteiger partial charge in [0.15, 0.2) is 0 Å². The van der Waals surface area contributed by atoms with Crippen LogP contribution in [0, 0.1) is 6.92 Å². The third kappa shape index (κ3) is 4.84. The molecule has 0 saturated carbocycles. The zero-order chi connectivity index (χ0) is 31.8. The van der Waals surface area contributed by atoms with Gasteiger partial charge in [-0.25, -0.2) is 9.97 Å². The normalized spacial score (nSPS) is 11.6. The molecular weight excluding hydrogens is 652 g/mol. The largest absolute Gasteiger partial charge is 2.00 e. The number of benzene rings is 5. The van der Waals surface area contributed by atoms with E-state index < -0.39 is 0 Å². The van der Waals surface area contributed by atoms with Crippen molar-refractivity contribution in [2.24, 2.45) is 0 Å². The molecule has 2 aliphatic heterocycles. The summed E-state index contributed by atoms with van der Waals surface area (Å²) in [5, 5.41) is 4.19. The van der Waals surface area contributed by atoms with E-state index in [0.717, 1.165) is 100 Å². The predicted molar refractivity (Wildman–Crippen MR) is 194 cm³/mol. The molecule has 0 atom stereocenters. The molecule has 3 aromatic heterocycles. The van der Waals surface area contributed by atoms with Gasteiger partial charge in [-0.1, -0.05) is 96.6 Å². The van der Waals surface area contributed by atoms with E-state index in [4.69, 9.17) is 24.7 Å². The topological polar surface area (TPSA) is 63.2 Å². The van der Waals surface area contributed by atoms with Crippen molar-refractivity contribution < 1.29 is 21.8 Å². The Morgan fingerprint density at radius 1 is 0.408 bits per heavy atom. The van der Waals surface area contributed by atoms with Gasteiger partial charge in [-0.2, -0.15) is 0 Å². The molecule has 0 N–H and O–H groups in total. The zero-order valence-corrected chi connectivity index (χ0v) is 27.2. The minimum Gasteiger partial charge on any atom is -0.657 e. The van der Waals surface area contributed by atoms with Gasteiger partial charge in [-0.3, -0.25) is 0 Å². The minimum atomic E-state index is 0. The van der Waals surface area contributed by atoms with E-state index in [2.05, 4.69) is 128 Å². The van der Waals surface area contributed by atoms with Crippen LogP contribution in [0.3, 0.4) is 0 Å². The first-order chi connectivity index (χ1) is 23.6. The van der Waals surface area contributed by atoms with Crippen molar-refractivity contribution in [1.82, 2.24) is 19.9 Å². The van der Waals surface area contributed by atoms with Crippen LogP contribution in [0.25, 0.3) is 88.6 Å². The summed E-state index contributed by atoms with van der Waals surface area (Å²) in [5.74, 6) is 1.54. The molecule has 6 heteroatoms. The van der Waals surface area contributed by atoms with Crippen LogP contribution in [0.15, 0.2) is 140 Å². The molecule has 8 bridgehead atoms.